The first-order chi connectivity index (χ1) is 9.88. The van der Waals surface area contributed by atoms with Gasteiger partial charge in [-0.1, -0.05) is 33.8 Å². The van der Waals surface area contributed by atoms with E-state index in [4.69, 9.17) is 10.5 Å². The van der Waals surface area contributed by atoms with Gasteiger partial charge in [0.1, 0.15) is 11.3 Å². The van der Waals surface area contributed by atoms with E-state index in [-0.39, 0.29) is 5.91 Å². The molecule has 4 nitrogen and oxygen atoms in total. The van der Waals surface area contributed by atoms with Crippen LogP contribution in [0.4, 0.5) is 5.69 Å². The van der Waals surface area contributed by atoms with Crippen LogP contribution in [-0.4, -0.2) is 19.1 Å². The molecule has 1 rings (SSSR count). The number of hydrogen-bond donors (Lipinski definition) is 2. The van der Waals surface area contributed by atoms with Gasteiger partial charge in [0.2, 0.25) is 0 Å². The largest absolute Gasteiger partial charge is 0.493 e. The molecule has 118 valence electrons. The van der Waals surface area contributed by atoms with E-state index in [2.05, 4.69) is 33.0 Å². The zero-order valence-corrected chi connectivity index (χ0v) is 13.8. The van der Waals surface area contributed by atoms with E-state index in [1.54, 1.807) is 18.2 Å². The summed E-state index contributed by atoms with van der Waals surface area (Å²) >= 11 is 0. The third kappa shape index (κ3) is 4.66. The Labute approximate surface area is 128 Å². The number of benzene rings is 1. The Kier molecular flexibility index (Phi) is 6.53. The number of rotatable bonds is 7. The van der Waals surface area contributed by atoms with Gasteiger partial charge >= 0.3 is 0 Å². The minimum atomic E-state index is -0.164. The standard InChI is InChI=1S/C17H28N2O2/c1-6-21-15-9-7-8-14(18)16(15)17(20)19-10-13(11(2)3)12(4)5/h7-9,11-13H,6,10,18H2,1-5H3,(H,19,20). The van der Waals surface area contributed by atoms with Gasteiger partial charge in [-0.05, 0) is 36.8 Å². The molecule has 1 aromatic rings. The zero-order chi connectivity index (χ0) is 16.0. The van der Waals surface area contributed by atoms with Crippen LogP contribution in [0.25, 0.3) is 0 Å². The van der Waals surface area contributed by atoms with Crippen LogP contribution in [0.1, 0.15) is 45.0 Å². The highest BCUT2D eigenvalue weighted by atomic mass is 16.5. The lowest BCUT2D eigenvalue weighted by atomic mass is 9.85. The van der Waals surface area contributed by atoms with Crippen molar-refractivity contribution in [1.29, 1.82) is 0 Å². The third-order valence-corrected chi connectivity index (χ3v) is 3.80. The summed E-state index contributed by atoms with van der Waals surface area (Å²) in [5.41, 5.74) is 6.82. The van der Waals surface area contributed by atoms with Gasteiger partial charge in [0.15, 0.2) is 0 Å². The number of ether oxygens (including phenoxy) is 1. The minimum Gasteiger partial charge on any atom is -0.493 e. The quantitative estimate of drug-likeness (QED) is 0.758. The molecule has 21 heavy (non-hydrogen) atoms. The van der Waals surface area contributed by atoms with Gasteiger partial charge in [0.25, 0.3) is 5.91 Å². The number of nitrogens with two attached hydrogens (primary N) is 1. The molecule has 0 aliphatic carbocycles. The van der Waals surface area contributed by atoms with Crippen molar-refractivity contribution in [2.75, 3.05) is 18.9 Å². The maximum absolute atomic E-state index is 12.4. The fourth-order valence-corrected chi connectivity index (χ4v) is 2.61. The SMILES string of the molecule is CCOc1cccc(N)c1C(=O)NCC(C(C)C)C(C)C. The monoisotopic (exact) mass is 292 g/mol. The van der Waals surface area contributed by atoms with Crippen LogP contribution in [0.5, 0.6) is 5.75 Å². The fraction of sp³-hybridized carbons (Fsp3) is 0.588. The molecule has 0 unspecified atom stereocenters. The first-order valence-corrected chi connectivity index (χ1v) is 7.67. The second-order valence-electron chi connectivity index (χ2n) is 6.02. The average Bonchev–Trinajstić information content (AvgIpc) is 2.38. The second kappa shape index (κ2) is 7.91. The zero-order valence-electron chi connectivity index (χ0n) is 13.8. The van der Waals surface area contributed by atoms with Gasteiger partial charge in [0.05, 0.1) is 6.61 Å². The van der Waals surface area contributed by atoms with Gasteiger partial charge in [-0.25, -0.2) is 0 Å². The van der Waals surface area contributed by atoms with E-state index in [0.29, 0.717) is 47.9 Å². The summed E-state index contributed by atoms with van der Waals surface area (Å²) in [7, 11) is 0. The summed E-state index contributed by atoms with van der Waals surface area (Å²) in [6.07, 6.45) is 0. The van der Waals surface area contributed by atoms with Crippen LogP contribution in [-0.2, 0) is 0 Å². The predicted molar refractivity (Wildman–Crippen MR) is 87.5 cm³/mol. The number of anilines is 1. The first kappa shape index (κ1) is 17.3. The lowest BCUT2D eigenvalue weighted by Gasteiger charge is -2.25. The highest BCUT2D eigenvalue weighted by Gasteiger charge is 2.21. The molecule has 0 atom stereocenters. The Morgan fingerprint density at radius 3 is 2.38 bits per heavy atom. The third-order valence-electron chi connectivity index (χ3n) is 3.80. The molecule has 0 fully saturated rings. The van der Waals surface area contributed by atoms with Crippen LogP contribution in [0.2, 0.25) is 0 Å². The molecule has 0 aliphatic heterocycles. The molecule has 0 radical (unpaired) electrons. The van der Waals surface area contributed by atoms with Crippen molar-refractivity contribution in [3.05, 3.63) is 23.8 Å². The van der Waals surface area contributed by atoms with E-state index in [0.717, 1.165) is 0 Å². The van der Waals surface area contributed by atoms with Crippen LogP contribution in [0.15, 0.2) is 18.2 Å². The number of nitrogens with one attached hydrogen (secondary N) is 1. The highest BCUT2D eigenvalue weighted by molar-refractivity contribution is 6.01. The normalized spacial score (nSPS) is 11.2. The molecular weight excluding hydrogens is 264 g/mol. The maximum Gasteiger partial charge on any atom is 0.257 e. The number of nitrogen functional groups attached to an aromatic ring is 1. The van der Waals surface area contributed by atoms with Gasteiger partial charge in [0, 0.05) is 12.2 Å². The molecule has 0 spiro atoms. The fourth-order valence-electron chi connectivity index (χ4n) is 2.61. The molecule has 0 heterocycles. The lowest BCUT2D eigenvalue weighted by Crippen LogP contribution is -2.34. The number of amides is 1. The highest BCUT2D eigenvalue weighted by Crippen LogP contribution is 2.25. The molecule has 0 aliphatic rings. The van der Waals surface area contributed by atoms with E-state index in [9.17, 15) is 4.79 Å². The molecule has 0 saturated heterocycles. The summed E-state index contributed by atoms with van der Waals surface area (Å²) in [5, 5.41) is 3.00. The second-order valence-corrected chi connectivity index (χ2v) is 6.02. The summed E-state index contributed by atoms with van der Waals surface area (Å²) in [4.78, 5) is 12.4. The molecule has 0 aromatic heterocycles. The summed E-state index contributed by atoms with van der Waals surface area (Å²) < 4.78 is 5.50. The summed E-state index contributed by atoms with van der Waals surface area (Å²) in [6.45, 7) is 11.8. The van der Waals surface area contributed by atoms with E-state index >= 15 is 0 Å². The van der Waals surface area contributed by atoms with E-state index in [1.165, 1.54) is 0 Å². The number of carbonyl (C=O) groups excluding carboxylic acids is 1. The molecule has 4 heteroatoms. The molecule has 3 N–H and O–H groups in total. The van der Waals surface area contributed by atoms with Crippen LogP contribution < -0.4 is 15.8 Å². The van der Waals surface area contributed by atoms with Crippen molar-refractivity contribution >= 4 is 11.6 Å². The molecular formula is C17H28N2O2. The Bertz CT molecular complexity index is 462. The average molecular weight is 292 g/mol. The summed E-state index contributed by atoms with van der Waals surface area (Å²) in [6, 6.07) is 5.29. The molecule has 1 aromatic carbocycles. The van der Waals surface area contributed by atoms with E-state index < -0.39 is 0 Å². The van der Waals surface area contributed by atoms with Crippen LogP contribution in [0, 0.1) is 17.8 Å². The maximum atomic E-state index is 12.4. The van der Waals surface area contributed by atoms with Gasteiger partial charge < -0.3 is 15.8 Å². The van der Waals surface area contributed by atoms with Gasteiger partial charge in [-0.2, -0.15) is 0 Å². The Balaban J connectivity index is 2.85. The Hall–Kier alpha value is -1.71. The van der Waals surface area contributed by atoms with Crippen molar-refractivity contribution in [3.63, 3.8) is 0 Å². The Morgan fingerprint density at radius 1 is 1.24 bits per heavy atom. The smallest absolute Gasteiger partial charge is 0.257 e. The predicted octanol–water partition coefficient (Wildman–Crippen LogP) is 3.33. The molecule has 0 bridgehead atoms. The van der Waals surface area contributed by atoms with Crippen LogP contribution in [0.3, 0.4) is 0 Å². The van der Waals surface area contributed by atoms with Crippen molar-refractivity contribution < 1.29 is 9.53 Å². The Morgan fingerprint density at radius 2 is 1.86 bits per heavy atom. The number of carbonyl (C=O) groups is 1. The first-order valence-electron chi connectivity index (χ1n) is 7.67. The van der Waals surface area contributed by atoms with Crippen molar-refractivity contribution in [2.24, 2.45) is 17.8 Å². The molecule has 1 amide bonds. The van der Waals surface area contributed by atoms with Gasteiger partial charge in [-0.3, -0.25) is 4.79 Å². The minimum absolute atomic E-state index is 0.164. The van der Waals surface area contributed by atoms with Crippen molar-refractivity contribution in [1.82, 2.24) is 5.32 Å². The lowest BCUT2D eigenvalue weighted by molar-refractivity contribution is 0.0934. The summed E-state index contributed by atoms with van der Waals surface area (Å²) in [5.74, 6) is 1.85. The van der Waals surface area contributed by atoms with Crippen molar-refractivity contribution in [3.8, 4) is 5.75 Å². The van der Waals surface area contributed by atoms with Crippen LogP contribution >= 0.6 is 0 Å². The number of hydrogen-bond acceptors (Lipinski definition) is 3. The topological polar surface area (TPSA) is 64.3 Å². The van der Waals surface area contributed by atoms with E-state index in [1.807, 2.05) is 6.92 Å². The van der Waals surface area contributed by atoms with Gasteiger partial charge in [-0.15, -0.1) is 0 Å². The molecule has 0 saturated carbocycles. The van der Waals surface area contributed by atoms with Crippen molar-refractivity contribution in [2.45, 2.75) is 34.6 Å².